The lowest BCUT2D eigenvalue weighted by molar-refractivity contribution is -0.124. The number of allylic oxidation sites excluding steroid dienone is 2. The molecule has 0 radical (unpaired) electrons. The molecule has 6 heteroatoms. The van der Waals surface area contributed by atoms with Gasteiger partial charge in [-0.15, -0.1) is 0 Å². The second kappa shape index (κ2) is 10.4. The van der Waals surface area contributed by atoms with Gasteiger partial charge in [-0.3, -0.25) is 10.0 Å². The number of imidazole rings is 1. The number of nitrogens with one attached hydrogen (secondary N) is 1. The van der Waals surface area contributed by atoms with Crippen molar-refractivity contribution in [3.8, 4) is 0 Å². The lowest BCUT2D eigenvalue weighted by Crippen LogP contribution is -2.32. The van der Waals surface area contributed by atoms with E-state index in [0.29, 0.717) is 0 Å². The number of hydroxylamine groups is 1. The fourth-order valence-corrected chi connectivity index (χ4v) is 3.71. The number of nitrogens with zero attached hydrogens (tertiary/aromatic N) is 3. The van der Waals surface area contributed by atoms with Crippen molar-refractivity contribution in [3.05, 3.63) is 47.8 Å². The lowest BCUT2D eigenvalue weighted by atomic mass is 9.92. The van der Waals surface area contributed by atoms with Gasteiger partial charge in [-0.1, -0.05) is 39.0 Å². The van der Waals surface area contributed by atoms with Crippen LogP contribution in [0.5, 0.6) is 0 Å². The van der Waals surface area contributed by atoms with E-state index in [9.17, 15) is 4.79 Å². The third kappa shape index (κ3) is 6.84. The largest absolute Gasteiger partial charge is 0.327 e. The number of rotatable bonds is 10. The molecule has 0 saturated heterocycles. The van der Waals surface area contributed by atoms with Crippen molar-refractivity contribution in [2.45, 2.75) is 46.6 Å². The molecule has 0 aliphatic heterocycles. The van der Waals surface area contributed by atoms with Crippen LogP contribution in [-0.4, -0.2) is 46.2 Å². The molecule has 1 aromatic carbocycles. The van der Waals surface area contributed by atoms with Gasteiger partial charge in [-0.25, -0.2) is 10.5 Å². The number of carbonyl (C=O) groups is 1. The molecule has 0 unspecified atom stereocenters. The van der Waals surface area contributed by atoms with E-state index in [0.717, 1.165) is 54.8 Å². The Morgan fingerprint density at radius 1 is 1.31 bits per heavy atom. The molecule has 0 aliphatic carbocycles. The van der Waals surface area contributed by atoms with Gasteiger partial charge in [0.25, 0.3) is 5.91 Å². The molecule has 0 aliphatic rings. The summed E-state index contributed by atoms with van der Waals surface area (Å²) in [5.74, 6) is 0.534. The van der Waals surface area contributed by atoms with Crippen LogP contribution < -0.4 is 5.48 Å². The number of benzene rings is 1. The lowest BCUT2D eigenvalue weighted by Gasteiger charge is -2.29. The molecule has 6 nitrogen and oxygen atoms in total. The minimum Gasteiger partial charge on any atom is -0.327 e. The van der Waals surface area contributed by atoms with Gasteiger partial charge in [0, 0.05) is 25.6 Å². The van der Waals surface area contributed by atoms with Crippen molar-refractivity contribution in [1.82, 2.24) is 19.9 Å². The maximum atomic E-state index is 11.2. The van der Waals surface area contributed by atoms with Gasteiger partial charge in [-0.05, 0) is 56.1 Å². The highest BCUT2D eigenvalue weighted by Crippen LogP contribution is 2.26. The Labute approximate surface area is 173 Å². The SMILES string of the molecule is CC/C=C/CCc1nc2cc(/C=C/C(=O)NO)ccc2n1CC(C)(C)CN(C)C. The van der Waals surface area contributed by atoms with Gasteiger partial charge in [0.05, 0.1) is 11.0 Å². The van der Waals surface area contributed by atoms with E-state index in [-0.39, 0.29) is 5.41 Å². The Bertz CT molecular complexity index is 878. The highest BCUT2D eigenvalue weighted by molar-refractivity contribution is 5.91. The van der Waals surface area contributed by atoms with E-state index < -0.39 is 5.91 Å². The number of fused-ring (bicyclic) bond motifs is 1. The minimum atomic E-state index is -0.551. The molecule has 2 rings (SSSR count). The highest BCUT2D eigenvalue weighted by Gasteiger charge is 2.22. The van der Waals surface area contributed by atoms with E-state index in [4.69, 9.17) is 10.2 Å². The van der Waals surface area contributed by atoms with Crippen molar-refractivity contribution in [1.29, 1.82) is 0 Å². The van der Waals surface area contributed by atoms with Crippen LogP contribution >= 0.6 is 0 Å². The van der Waals surface area contributed by atoms with Crippen LogP contribution in [0.25, 0.3) is 17.1 Å². The number of carbonyl (C=O) groups excluding carboxylic acids is 1. The maximum absolute atomic E-state index is 11.2. The third-order valence-electron chi connectivity index (χ3n) is 4.66. The van der Waals surface area contributed by atoms with Crippen LogP contribution in [0.15, 0.2) is 36.4 Å². The molecular formula is C23H34N4O2. The van der Waals surface area contributed by atoms with E-state index in [1.165, 1.54) is 6.08 Å². The predicted molar refractivity (Wildman–Crippen MR) is 119 cm³/mol. The molecule has 0 bridgehead atoms. The number of aromatic nitrogens is 2. The van der Waals surface area contributed by atoms with Gasteiger partial charge in [0.2, 0.25) is 0 Å². The van der Waals surface area contributed by atoms with E-state index >= 15 is 0 Å². The quantitative estimate of drug-likeness (QED) is 0.274. The van der Waals surface area contributed by atoms with Crippen LogP contribution in [0.4, 0.5) is 0 Å². The fraction of sp³-hybridized carbons (Fsp3) is 0.478. The summed E-state index contributed by atoms with van der Waals surface area (Å²) < 4.78 is 2.34. The number of hydrogen-bond donors (Lipinski definition) is 2. The molecule has 2 aromatic rings. The van der Waals surface area contributed by atoms with Crippen LogP contribution in [0.1, 0.15) is 45.0 Å². The second-order valence-electron chi connectivity index (χ2n) is 8.49. The predicted octanol–water partition coefficient (Wildman–Crippen LogP) is 4.04. The molecule has 0 spiro atoms. The fourth-order valence-electron chi connectivity index (χ4n) is 3.71. The summed E-state index contributed by atoms with van der Waals surface area (Å²) in [7, 11) is 4.21. The third-order valence-corrected chi connectivity index (χ3v) is 4.66. The van der Waals surface area contributed by atoms with Crippen molar-refractivity contribution in [2.24, 2.45) is 5.41 Å². The molecule has 29 heavy (non-hydrogen) atoms. The zero-order valence-corrected chi connectivity index (χ0v) is 18.3. The van der Waals surface area contributed by atoms with Crippen molar-refractivity contribution in [2.75, 3.05) is 20.6 Å². The zero-order chi connectivity index (χ0) is 21.4. The molecule has 2 N–H and O–H groups in total. The molecule has 1 amide bonds. The Morgan fingerprint density at radius 2 is 2.07 bits per heavy atom. The van der Waals surface area contributed by atoms with Crippen molar-refractivity contribution < 1.29 is 10.0 Å². The Hall–Kier alpha value is -2.44. The molecular weight excluding hydrogens is 364 g/mol. The van der Waals surface area contributed by atoms with Crippen LogP contribution in [-0.2, 0) is 17.8 Å². The summed E-state index contributed by atoms with van der Waals surface area (Å²) in [6.07, 6.45) is 10.3. The summed E-state index contributed by atoms with van der Waals surface area (Å²) in [4.78, 5) is 18.4. The van der Waals surface area contributed by atoms with Crippen LogP contribution in [0.3, 0.4) is 0 Å². The van der Waals surface area contributed by atoms with E-state index in [1.807, 2.05) is 12.1 Å². The zero-order valence-electron chi connectivity index (χ0n) is 18.3. The van der Waals surface area contributed by atoms with Gasteiger partial charge in [-0.2, -0.15) is 0 Å². The van der Waals surface area contributed by atoms with Gasteiger partial charge in [0.1, 0.15) is 5.82 Å². The topological polar surface area (TPSA) is 70.4 Å². The first-order chi connectivity index (χ1) is 13.8. The summed E-state index contributed by atoms with van der Waals surface area (Å²) >= 11 is 0. The standard InChI is InChI=1S/C23H34N4O2/c1-6-7-8-9-10-21-24-19-15-18(12-14-22(28)25-29)11-13-20(19)27(21)17-23(2,3)16-26(4)5/h7-8,11-15,29H,6,9-10,16-17H2,1-5H3,(H,25,28)/b8-7+,14-12+. The van der Waals surface area contributed by atoms with E-state index in [1.54, 1.807) is 11.6 Å². The van der Waals surface area contributed by atoms with E-state index in [2.05, 4.69) is 62.6 Å². The van der Waals surface area contributed by atoms with Crippen molar-refractivity contribution in [3.63, 3.8) is 0 Å². The number of amides is 1. The average molecular weight is 399 g/mol. The van der Waals surface area contributed by atoms with Gasteiger partial charge >= 0.3 is 0 Å². The number of aryl methyl sites for hydroxylation is 1. The molecule has 0 atom stereocenters. The van der Waals surface area contributed by atoms with Crippen molar-refractivity contribution >= 4 is 23.0 Å². The number of hydrogen-bond acceptors (Lipinski definition) is 4. The first-order valence-corrected chi connectivity index (χ1v) is 10.2. The molecule has 1 aromatic heterocycles. The molecule has 158 valence electrons. The summed E-state index contributed by atoms with van der Waals surface area (Å²) in [6.45, 7) is 8.57. The van der Waals surface area contributed by atoms with Crippen LogP contribution in [0, 0.1) is 5.41 Å². The van der Waals surface area contributed by atoms with Gasteiger partial charge < -0.3 is 9.47 Å². The summed E-state index contributed by atoms with van der Waals surface area (Å²) in [5.41, 5.74) is 4.60. The first kappa shape index (κ1) is 22.8. The van der Waals surface area contributed by atoms with Crippen LogP contribution in [0.2, 0.25) is 0 Å². The molecule has 0 saturated carbocycles. The first-order valence-electron chi connectivity index (χ1n) is 10.2. The summed E-state index contributed by atoms with van der Waals surface area (Å²) in [6, 6.07) is 6.02. The Balaban J connectivity index is 2.39. The minimum absolute atomic E-state index is 0.100. The molecule has 1 heterocycles. The smallest absolute Gasteiger partial charge is 0.267 e. The molecule has 0 fully saturated rings. The highest BCUT2D eigenvalue weighted by atomic mass is 16.5. The summed E-state index contributed by atoms with van der Waals surface area (Å²) in [5, 5.41) is 8.64. The Morgan fingerprint density at radius 3 is 2.72 bits per heavy atom. The maximum Gasteiger partial charge on any atom is 0.267 e. The monoisotopic (exact) mass is 398 g/mol. The second-order valence-corrected chi connectivity index (χ2v) is 8.49. The van der Waals surface area contributed by atoms with Gasteiger partial charge in [0.15, 0.2) is 0 Å². The Kier molecular flexibility index (Phi) is 8.17. The average Bonchev–Trinajstić information content (AvgIpc) is 2.98. The normalized spacial score (nSPS) is 12.7.